The maximum absolute atomic E-state index is 11.6. The molecule has 0 radical (unpaired) electrons. The number of hydrogen-bond acceptors (Lipinski definition) is 3. The largest absolute Gasteiger partial charge is 0.355 e. The highest BCUT2D eigenvalue weighted by Crippen LogP contribution is 2.27. The first-order valence-corrected chi connectivity index (χ1v) is 7.94. The van der Waals surface area contributed by atoms with E-state index in [2.05, 4.69) is 22.5 Å². The van der Waals surface area contributed by atoms with Crippen LogP contribution in [0.15, 0.2) is 0 Å². The molecule has 2 fully saturated rings. The summed E-state index contributed by atoms with van der Waals surface area (Å²) in [7, 11) is 0. The topological polar surface area (TPSA) is 44.4 Å². The number of amides is 1. The van der Waals surface area contributed by atoms with Gasteiger partial charge in [-0.3, -0.25) is 4.79 Å². The highest BCUT2D eigenvalue weighted by Gasteiger charge is 2.20. The van der Waals surface area contributed by atoms with Crippen molar-refractivity contribution in [2.45, 2.75) is 39.0 Å². The molecule has 2 N–H and O–H groups in total. The molecule has 2 rings (SSSR count). The SMILES string of the molecule is CC1CCN(CCCNC(=O)CNCC2CC2)CC1.Cl.Cl. The molecule has 0 aromatic heterocycles. The van der Waals surface area contributed by atoms with Gasteiger partial charge >= 0.3 is 0 Å². The summed E-state index contributed by atoms with van der Waals surface area (Å²) in [5.74, 6) is 1.88. The van der Waals surface area contributed by atoms with E-state index in [-0.39, 0.29) is 30.7 Å². The van der Waals surface area contributed by atoms with E-state index in [0.717, 1.165) is 37.9 Å². The molecular formula is C15H31Cl2N3O. The Kier molecular flexibility index (Phi) is 11.5. The zero-order chi connectivity index (χ0) is 13.5. The predicted molar refractivity (Wildman–Crippen MR) is 92.6 cm³/mol. The molecule has 1 heterocycles. The van der Waals surface area contributed by atoms with Gasteiger partial charge in [0.05, 0.1) is 6.54 Å². The number of piperidine rings is 1. The molecule has 1 saturated carbocycles. The number of likely N-dealkylation sites (tertiary alicyclic amines) is 1. The van der Waals surface area contributed by atoms with Gasteiger partial charge in [0, 0.05) is 6.54 Å². The van der Waals surface area contributed by atoms with Crippen molar-refractivity contribution < 1.29 is 4.79 Å². The minimum atomic E-state index is 0. The van der Waals surface area contributed by atoms with Gasteiger partial charge in [-0.05, 0) is 70.1 Å². The molecule has 1 amide bonds. The summed E-state index contributed by atoms with van der Waals surface area (Å²) in [5, 5.41) is 6.22. The summed E-state index contributed by atoms with van der Waals surface area (Å²) < 4.78 is 0. The van der Waals surface area contributed by atoms with E-state index in [4.69, 9.17) is 0 Å². The van der Waals surface area contributed by atoms with Crippen molar-refractivity contribution in [1.29, 1.82) is 0 Å². The van der Waals surface area contributed by atoms with E-state index in [0.29, 0.717) is 6.54 Å². The van der Waals surface area contributed by atoms with Crippen LogP contribution in [0, 0.1) is 11.8 Å². The zero-order valence-corrected chi connectivity index (χ0v) is 14.7. The number of carbonyl (C=O) groups excluding carboxylic acids is 1. The lowest BCUT2D eigenvalue weighted by atomic mass is 9.99. The minimum absolute atomic E-state index is 0. The van der Waals surface area contributed by atoms with Crippen LogP contribution in [0.25, 0.3) is 0 Å². The van der Waals surface area contributed by atoms with Gasteiger partial charge in [0.2, 0.25) is 5.91 Å². The Labute approximate surface area is 141 Å². The van der Waals surface area contributed by atoms with Crippen molar-refractivity contribution in [3.05, 3.63) is 0 Å². The van der Waals surface area contributed by atoms with Crippen LogP contribution in [0.5, 0.6) is 0 Å². The molecule has 4 nitrogen and oxygen atoms in total. The molecule has 0 unspecified atom stereocenters. The standard InChI is InChI=1S/C15H29N3O.2ClH/c1-13-5-9-18(10-6-13)8-2-7-17-15(19)12-16-11-14-3-4-14;;/h13-14,16H,2-12H2,1H3,(H,17,19);2*1H. The maximum Gasteiger partial charge on any atom is 0.233 e. The first kappa shape index (κ1) is 21.0. The van der Waals surface area contributed by atoms with E-state index < -0.39 is 0 Å². The third kappa shape index (κ3) is 9.56. The summed E-state index contributed by atoms with van der Waals surface area (Å²) in [6, 6.07) is 0. The summed E-state index contributed by atoms with van der Waals surface area (Å²) in [6.07, 6.45) is 6.41. The Morgan fingerprint density at radius 3 is 2.43 bits per heavy atom. The monoisotopic (exact) mass is 339 g/mol. The second kappa shape index (κ2) is 11.5. The van der Waals surface area contributed by atoms with Crippen molar-refractivity contribution in [3.63, 3.8) is 0 Å². The van der Waals surface area contributed by atoms with Gasteiger partial charge in [0.15, 0.2) is 0 Å². The van der Waals surface area contributed by atoms with Gasteiger partial charge in [-0.15, -0.1) is 24.8 Å². The highest BCUT2D eigenvalue weighted by atomic mass is 35.5. The van der Waals surface area contributed by atoms with E-state index in [9.17, 15) is 4.79 Å². The molecule has 1 aliphatic carbocycles. The number of carbonyl (C=O) groups is 1. The van der Waals surface area contributed by atoms with Crippen molar-refractivity contribution in [2.75, 3.05) is 39.3 Å². The Balaban J connectivity index is 0.00000200. The van der Waals surface area contributed by atoms with E-state index in [1.54, 1.807) is 0 Å². The molecular weight excluding hydrogens is 309 g/mol. The number of nitrogens with zero attached hydrogens (tertiary/aromatic N) is 1. The normalized spacial score (nSPS) is 19.5. The van der Waals surface area contributed by atoms with Crippen LogP contribution < -0.4 is 10.6 Å². The smallest absolute Gasteiger partial charge is 0.233 e. The average Bonchev–Trinajstić information content (AvgIpc) is 3.21. The maximum atomic E-state index is 11.6. The van der Waals surface area contributed by atoms with Crippen LogP contribution in [0.4, 0.5) is 0 Å². The Morgan fingerprint density at radius 1 is 1.14 bits per heavy atom. The van der Waals surface area contributed by atoms with Crippen LogP contribution in [-0.2, 0) is 4.79 Å². The third-order valence-electron chi connectivity index (χ3n) is 4.27. The van der Waals surface area contributed by atoms with Crippen molar-refractivity contribution >= 4 is 30.7 Å². The highest BCUT2D eigenvalue weighted by molar-refractivity contribution is 5.85. The van der Waals surface area contributed by atoms with Crippen LogP contribution in [0.1, 0.15) is 39.0 Å². The van der Waals surface area contributed by atoms with Gasteiger partial charge in [0.25, 0.3) is 0 Å². The quantitative estimate of drug-likeness (QED) is 0.665. The van der Waals surface area contributed by atoms with Gasteiger partial charge in [0.1, 0.15) is 0 Å². The van der Waals surface area contributed by atoms with Crippen LogP contribution in [0.3, 0.4) is 0 Å². The summed E-state index contributed by atoms with van der Waals surface area (Å²) >= 11 is 0. The Hall–Kier alpha value is -0.0300. The molecule has 0 spiro atoms. The van der Waals surface area contributed by atoms with Gasteiger partial charge in [-0.2, -0.15) is 0 Å². The predicted octanol–water partition coefficient (Wildman–Crippen LogP) is 2.07. The molecule has 126 valence electrons. The van der Waals surface area contributed by atoms with Crippen LogP contribution in [0.2, 0.25) is 0 Å². The first-order valence-electron chi connectivity index (χ1n) is 7.94. The molecule has 1 saturated heterocycles. The van der Waals surface area contributed by atoms with Crippen LogP contribution >= 0.6 is 24.8 Å². The van der Waals surface area contributed by atoms with Crippen molar-refractivity contribution in [2.24, 2.45) is 11.8 Å². The summed E-state index contributed by atoms with van der Waals surface area (Å²) in [4.78, 5) is 14.1. The lowest BCUT2D eigenvalue weighted by Gasteiger charge is -2.30. The van der Waals surface area contributed by atoms with Crippen LogP contribution in [-0.4, -0.2) is 50.1 Å². The number of halogens is 2. The van der Waals surface area contributed by atoms with E-state index in [1.807, 2.05) is 0 Å². The first-order chi connectivity index (χ1) is 9.24. The number of hydrogen-bond donors (Lipinski definition) is 2. The van der Waals surface area contributed by atoms with Crippen molar-refractivity contribution in [1.82, 2.24) is 15.5 Å². The second-order valence-corrected chi connectivity index (χ2v) is 6.30. The molecule has 0 bridgehead atoms. The fourth-order valence-corrected chi connectivity index (χ4v) is 2.59. The molecule has 0 aromatic rings. The van der Waals surface area contributed by atoms with Crippen molar-refractivity contribution in [3.8, 4) is 0 Å². The Bertz CT molecular complexity index is 280. The van der Waals surface area contributed by atoms with Gasteiger partial charge < -0.3 is 15.5 Å². The molecule has 2 aliphatic rings. The lowest BCUT2D eigenvalue weighted by molar-refractivity contribution is -0.120. The third-order valence-corrected chi connectivity index (χ3v) is 4.27. The molecule has 6 heteroatoms. The molecule has 0 aromatic carbocycles. The fraction of sp³-hybridized carbons (Fsp3) is 0.933. The van der Waals surface area contributed by atoms with Gasteiger partial charge in [-0.1, -0.05) is 6.92 Å². The number of nitrogens with one attached hydrogen (secondary N) is 2. The zero-order valence-electron chi connectivity index (χ0n) is 13.1. The number of rotatable bonds is 8. The van der Waals surface area contributed by atoms with E-state index >= 15 is 0 Å². The fourth-order valence-electron chi connectivity index (χ4n) is 2.59. The minimum Gasteiger partial charge on any atom is -0.355 e. The van der Waals surface area contributed by atoms with E-state index in [1.165, 1.54) is 38.8 Å². The Morgan fingerprint density at radius 2 is 1.81 bits per heavy atom. The second-order valence-electron chi connectivity index (χ2n) is 6.30. The molecule has 1 aliphatic heterocycles. The van der Waals surface area contributed by atoms with Gasteiger partial charge in [-0.25, -0.2) is 0 Å². The molecule has 21 heavy (non-hydrogen) atoms. The molecule has 0 atom stereocenters. The summed E-state index contributed by atoms with van der Waals surface area (Å²) in [5.41, 5.74) is 0. The average molecular weight is 340 g/mol. The summed E-state index contributed by atoms with van der Waals surface area (Å²) in [6.45, 7) is 8.25. The lowest BCUT2D eigenvalue weighted by Crippen LogP contribution is -2.38.